The number of nitrogens with one attached hydrogen (secondary N) is 1. The lowest BCUT2D eigenvalue weighted by Gasteiger charge is -2.29. The van der Waals surface area contributed by atoms with Crippen LogP contribution in [0.3, 0.4) is 0 Å². The normalized spacial score (nSPS) is 13.6. The van der Waals surface area contributed by atoms with Crippen molar-refractivity contribution < 1.29 is 9.59 Å². The lowest BCUT2D eigenvalue weighted by atomic mass is 10.1. The molecule has 0 spiro atoms. The van der Waals surface area contributed by atoms with E-state index < -0.39 is 0 Å². The number of carbonyl (C=O) groups is 2. The molecular weight excluding hydrogens is 288 g/mol. The first-order valence-electron chi connectivity index (χ1n) is 6.57. The van der Waals surface area contributed by atoms with Crippen molar-refractivity contribution in [1.29, 1.82) is 0 Å². The number of benzene rings is 2. The Labute approximate surface area is 127 Å². The maximum absolute atomic E-state index is 12.3. The van der Waals surface area contributed by atoms with E-state index in [1.54, 1.807) is 24.3 Å². The van der Waals surface area contributed by atoms with Crippen LogP contribution in [0, 0.1) is 0 Å². The Kier molecular flexibility index (Phi) is 3.62. The van der Waals surface area contributed by atoms with Gasteiger partial charge in [-0.05, 0) is 36.4 Å². The molecule has 1 amide bonds. The predicted molar refractivity (Wildman–Crippen MR) is 83.1 cm³/mol. The van der Waals surface area contributed by atoms with Gasteiger partial charge in [0.05, 0.1) is 24.5 Å². The molecule has 106 valence electrons. The van der Waals surface area contributed by atoms with Gasteiger partial charge in [0.2, 0.25) is 5.91 Å². The van der Waals surface area contributed by atoms with Crippen molar-refractivity contribution in [2.24, 2.45) is 0 Å². The molecule has 1 aliphatic heterocycles. The van der Waals surface area contributed by atoms with Crippen molar-refractivity contribution in [2.45, 2.75) is 0 Å². The number of hydrogen-bond donors (Lipinski definition) is 1. The molecule has 21 heavy (non-hydrogen) atoms. The molecule has 0 aromatic heterocycles. The van der Waals surface area contributed by atoms with E-state index >= 15 is 0 Å². The van der Waals surface area contributed by atoms with E-state index in [0.29, 0.717) is 10.6 Å². The third kappa shape index (κ3) is 2.76. The monoisotopic (exact) mass is 300 g/mol. The van der Waals surface area contributed by atoms with Gasteiger partial charge in [0.1, 0.15) is 0 Å². The van der Waals surface area contributed by atoms with Crippen molar-refractivity contribution in [3.8, 4) is 0 Å². The minimum atomic E-state index is -0.115. The number of halogens is 1. The zero-order chi connectivity index (χ0) is 14.8. The highest BCUT2D eigenvalue weighted by Crippen LogP contribution is 2.29. The first-order valence-corrected chi connectivity index (χ1v) is 6.95. The number of Topliss-reactive ketones (excluding diaryl/α,β-unsaturated/α-hetero) is 1. The Morgan fingerprint density at radius 1 is 1.14 bits per heavy atom. The quantitative estimate of drug-likeness (QED) is 0.887. The summed E-state index contributed by atoms with van der Waals surface area (Å²) in [4.78, 5) is 25.9. The zero-order valence-corrected chi connectivity index (χ0v) is 11.9. The van der Waals surface area contributed by atoms with Crippen LogP contribution in [-0.4, -0.2) is 24.8 Å². The average Bonchev–Trinajstić information content (AvgIpc) is 2.51. The number of carbonyl (C=O) groups excluding carboxylic acids is 2. The predicted octanol–water partition coefficient (Wildman–Crippen LogP) is 2.98. The Hall–Kier alpha value is -2.33. The molecule has 0 unspecified atom stereocenters. The van der Waals surface area contributed by atoms with Crippen LogP contribution >= 0.6 is 11.6 Å². The summed E-state index contributed by atoms with van der Waals surface area (Å²) in [6.07, 6.45) is 0. The summed E-state index contributed by atoms with van der Waals surface area (Å²) in [6, 6.07) is 14.1. The number of para-hydroxylation sites is 2. The second kappa shape index (κ2) is 5.58. The minimum absolute atomic E-state index is 0.0269. The Morgan fingerprint density at radius 3 is 2.62 bits per heavy atom. The van der Waals surface area contributed by atoms with Crippen molar-refractivity contribution in [3.63, 3.8) is 0 Å². The van der Waals surface area contributed by atoms with Crippen LogP contribution in [0.1, 0.15) is 10.4 Å². The molecular formula is C16H13ClN2O2. The summed E-state index contributed by atoms with van der Waals surface area (Å²) in [5.41, 5.74) is 2.14. The van der Waals surface area contributed by atoms with E-state index in [0.717, 1.165) is 11.4 Å². The number of hydrogen-bond acceptors (Lipinski definition) is 3. The second-order valence-electron chi connectivity index (χ2n) is 4.78. The fourth-order valence-electron chi connectivity index (χ4n) is 2.30. The Balaban J connectivity index is 1.85. The number of ketones is 1. The molecule has 0 aliphatic carbocycles. The number of anilines is 2. The third-order valence-corrected chi connectivity index (χ3v) is 3.65. The van der Waals surface area contributed by atoms with Gasteiger partial charge in [0, 0.05) is 10.6 Å². The molecule has 3 rings (SSSR count). The molecule has 0 atom stereocenters. The largest absolute Gasteiger partial charge is 0.374 e. The van der Waals surface area contributed by atoms with E-state index in [4.69, 9.17) is 11.6 Å². The van der Waals surface area contributed by atoms with Crippen molar-refractivity contribution in [3.05, 3.63) is 59.1 Å². The van der Waals surface area contributed by atoms with Gasteiger partial charge in [0.25, 0.3) is 0 Å². The molecule has 0 saturated heterocycles. The van der Waals surface area contributed by atoms with E-state index in [1.807, 2.05) is 24.3 Å². The lowest BCUT2D eigenvalue weighted by molar-refractivity contribution is -0.117. The number of rotatable bonds is 3. The van der Waals surface area contributed by atoms with Gasteiger partial charge in [-0.15, -0.1) is 0 Å². The average molecular weight is 301 g/mol. The maximum Gasteiger partial charge on any atom is 0.246 e. The molecule has 1 aliphatic rings. The highest BCUT2D eigenvalue weighted by Gasteiger charge is 2.25. The first kappa shape index (κ1) is 13.6. The molecule has 0 radical (unpaired) electrons. The standard InChI is InChI=1S/C16H13ClN2O2/c17-12-7-5-11(6-8-12)15(20)10-19-14-4-2-1-3-13(14)18-9-16(19)21/h1-8,18H,9-10H2. The minimum Gasteiger partial charge on any atom is -0.374 e. The topological polar surface area (TPSA) is 49.4 Å². The summed E-state index contributed by atoms with van der Waals surface area (Å²) < 4.78 is 0. The van der Waals surface area contributed by atoms with Gasteiger partial charge in [-0.2, -0.15) is 0 Å². The van der Waals surface area contributed by atoms with E-state index in [-0.39, 0.29) is 24.8 Å². The van der Waals surface area contributed by atoms with E-state index in [2.05, 4.69) is 5.32 Å². The van der Waals surface area contributed by atoms with Crippen LogP contribution in [0.4, 0.5) is 11.4 Å². The van der Waals surface area contributed by atoms with Crippen LogP contribution in [-0.2, 0) is 4.79 Å². The van der Waals surface area contributed by atoms with Gasteiger partial charge in [0.15, 0.2) is 5.78 Å². The van der Waals surface area contributed by atoms with Gasteiger partial charge < -0.3 is 10.2 Å². The zero-order valence-electron chi connectivity index (χ0n) is 11.2. The maximum atomic E-state index is 12.3. The summed E-state index contributed by atoms with van der Waals surface area (Å²) in [5.74, 6) is -0.229. The molecule has 2 aromatic carbocycles. The van der Waals surface area contributed by atoms with Crippen molar-refractivity contribution >= 4 is 34.7 Å². The molecule has 1 heterocycles. The molecule has 0 fully saturated rings. The van der Waals surface area contributed by atoms with Crippen LogP contribution in [0.25, 0.3) is 0 Å². The molecule has 0 saturated carbocycles. The van der Waals surface area contributed by atoms with E-state index in [9.17, 15) is 9.59 Å². The fourth-order valence-corrected chi connectivity index (χ4v) is 2.43. The first-order chi connectivity index (χ1) is 10.1. The fraction of sp³-hybridized carbons (Fsp3) is 0.125. The lowest BCUT2D eigenvalue weighted by Crippen LogP contribution is -2.42. The SMILES string of the molecule is O=C(CN1C(=O)CNc2ccccc21)c1ccc(Cl)cc1. The summed E-state index contributed by atoms with van der Waals surface area (Å²) >= 11 is 5.81. The van der Waals surface area contributed by atoms with Gasteiger partial charge >= 0.3 is 0 Å². The molecule has 1 N–H and O–H groups in total. The van der Waals surface area contributed by atoms with Crippen molar-refractivity contribution in [1.82, 2.24) is 0 Å². The van der Waals surface area contributed by atoms with Gasteiger partial charge in [-0.25, -0.2) is 0 Å². The number of fused-ring (bicyclic) bond motifs is 1. The summed E-state index contributed by atoms with van der Waals surface area (Å²) in [6.45, 7) is 0.226. The van der Waals surface area contributed by atoms with Crippen LogP contribution in [0.15, 0.2) is 48.5 Å². The van der Waals surface area contributed by atoms with Crippen LogP contribution in [0.5, 0.6) is 0 Å². The van der Waals surface area contributed by atoms with Crippen LogP contribution in [0.2, 0.25) is 5.02 Å². The van der Waals surface area contributed by atoms with E-state index in [1.165, 1.54) is 4.90 Å². The molecule has 0 bridgehead atoms. The van der Waals surface area contributed by atoms with Crippen LogP contribution < -0.4 is 10.2 Å². The Morgan fingerprint density at radius 2 is 1.86 bits per heavy atom. The second-order valence-corrected chi connectivity index (χ2v) is 5.22. The van der Waals surface area contributed by atoms with Crippen molar-refractivity contribution in [2.75, 3.05) is 23.3 Å². The number of nitrogens with zero attached hydrogens (tertiary/aromatic N) is 1. The van der Waals surface area contributed by atoms with Gasteiger partial charge in [-0.3, -0.25) is 9.59 Å². The highest BCUT2D eigenvalue weighted by atomic mass is 35.5. The third-order valence-electron chi connectivity index (χ3n) is 3.39. The summed E-state index contributed by atoms with van der Waals surface area (Å²) in [5, 5.41) is 3.62. The van der Waals surface area contributed by atoms with Gasteiger partial charge in [-0.1, -0.05) is 23.7 Å². The molecule has 4 nitrogen and oxygen atoms in total. The Bertz CT molecular complexity index is 698. The summed E-state index contributed by atoms with van der Waals surface area (Å²) in [7, 11) is 0. The molecule has 5 heteroatoms. The smallest absolute Gasteiger partial charge is 0.246 e. The number of amides is 1. The molecule has 2 aromatic rings. The highest BCUT2D eigenvalue weighted by molar-refractivity contribution is 6.30.